The number of hydrogen-bond acceptors (Lipinski definition) is 5. The fourth-order valence-corrected chi connectivity index (χ4v) is 4.86. The molecule has 2 aliphatic rings. The Morgan fingerprint density at radius 2 is 1.36 bits per heavy atom. The minimum absolute atomic E-state index is 0.443. The zero-order valence-corrected chi connectivity index (χ0v) is 19.3. The summed E-state index contributed by atoms with van der Waals surface area (Å²) in [6.07, 6.45) is -2.31. The number of nitrogens with one attached hydrogen (secondary N) is 1. The predicted octanol–water partition coefficient (Wildman–Crippen LogP) is 6.82. The number of halogens is 9. The minimum Gasteiger partial charge on any atom is -0.373 e. The van der Waals surface area contributed by atoms with Crippen LogP contribution in [0.5, 0.6) is 0 Å². The van der Waals surface area contributed by atoms with Gasteiger partial charge in [-0.05, 0) is 50.7 Å². The number of allylic oxidation sites excluding steroid dienone is 2. The fourth-order valence-electron chi connectivity index (χ4n) is 3.81. The average Bonchev–Trinajstić information content (AvgIpc) is 3.32. The van der Waals surface area contributed by atoms with Gasteiger partial charge in [-0.25, -0.2) is 0 Å². The summed E-state index contributed by atoms with van der Waals surface area (Å²) in [5, 5.41) is 1.03. The average molecular weight is 552 g/mol. The van der Waals surface area contributed by atoms with Crippen LogP contribution in [-0.4, -0.2) is 49.7 Å². The zero-order valence-electron chi connectivity index (χ0n) is 18.4. The molecule has 1 N–H and O–H groups in total. The Kier molecular flexibility index (Phi) is 7.59. The van der Waals surface area contributed by atoms with Crippen molar-refractivity contribution >= 4 is 21.4 Å². The van der Waals surface area contributed by atoms with Crippen LogP contribution in [0.1, 0.15) is 38.5 Å². The number of anilines is 1. The van der Waals surface area contributed by atoms with Crippen molar-refractivity contribution in [3.63, 3.8) is 0 Å². The van der Waals surface area contributed by atoms with E-state index < -0.39 is 44.7 Å². The molecule has 0 bridgehead atoms. The van der Waals surface area contributed by atoms with E-state index >= 15 is 0 Å². The van der Waals surface area contributed by atoms with Gasteiger partial charge in [-0.2, -0.15) is 53.0 Å². The van der Waals surface area contributed by atoms with Crippen LogP contribution in [0, 0.1) is 0 Å². The smallest absolute Gasteiger partial charge is 0.373 e. The van der Waals surface area contributed by atoms with Gasteiger partial charge in [-0.1, -0.05) is 12.1 Å². The summed E-state index contributed by atoms with van der Waals surface area (Å²) in [4.78, 5) is 2.12. The molecule has 0 unspecified atom stereocenters. The summed E-state index contributed by atoms with van der Waals surface area (Å²) < 4.78 is 144. The van der Waals surface area contributed by atoms with E-state index in [1.165, 1.54) is 6.07 Å². The van der Waals surface area contributed by atoms with Crippen LogP contribution in [0.3, 0.4) is 0 Å². The maximum Gasteiger partial charge on any atom is 0.460 e. The largest absolute Gasteiger partial charge is 0.460 e. The van der Waals surface area contributed by atoms with Crippen LogP contribution < -0.4 is 4.72 Å². The monoisotopic (exact) mass is 552 g/mol. The Hall–Kier alpha value is -2.52. The molecule has 0 spiro atoms. The molecule has 1 aliphatic carbocycles. The van der Waals surface area contributed by atoms with E-state index in [1.807, 2.05) is 0 Å². The Morgan fingerprint density at radius 1 is 0.778 bits per heavy atom. The molecule has 0 atom stereocenters. The molecule has 0 amide bonds. The highest BCUT2D eigenvalue weighted by molar-refractivity contribution is 7.93. The van der Waals surface area contributed by atoms with Crippen molar-refractivity contribution in [1.29, 1.82) is 0 Å². The molecule has 1 aromatic carbocycles. The van der Waals surface area contributed by atoms with E-state index in [9.17, 15) is 47.9 Å². The lowest BCUT2D eigenvalue weighted by Crippen LogP contribution is -2.64. The first-order chi connectivity index (χ1) is 16.5. The third-order valence-corrected chi connectivity index (χ3v) is 7.20. The summed E-state index contributed by atoms with van der Waals surface area (Å²) in [7, 11) is -6.84. The van der Waals surface area contributed by atoms with Crippen molar-refractivity contribution in [2.24, 2.45) is 10.2 Å². The second kappa shape index (κ2) is 9.74. The highest BCUT2D eigenvalue weighted by atomic mass is 32.2. The molecule has 0 aromatic heterocycles. The maximum absolute atomic E-state index is 14.1. The van der Waals surface area contributed by atoms with Gasteiger partial charge in [0, 0.05) is 18.8 Å². The third kappa shape index (κ3) is 5.00. The quantitative estimate of drug-likeness (QED) is 0.284. The SMILES string of the molecule is O=S(=O)(Nc1ccccc1N=NC1=C(N2CCCC2)CCCC1)C(F)(F)C(F)(F)C(F)(F)C(F)(F)F. The first-order valence-corrected chi connectivity index (χ1v) is 12.2. The van der Waals surface area contributed by atoms with E-state index in [2.05, 4.69) is 15.1 Å². The molecule has 1 fully saturated rings. The molecule has 1 aromatic rings. The normalized spacial score (nSPS) is 18.9. The lowest BCUT2D eigenvalue weighted by Gasteiger charge is -2.33. The van der Waals surface area contributed by atoms with E-state index in [1.54, 1.807) is 0 Å². The lowest BCUT2D eigenvalue weighted by atomic mass is 10.0. The molecule has 3 rings (SSSR count). The number of hydrogen-bond donors (Lipinski definition) is 1. The summed E-state index contributed by atoms with van der Waals surface area (Å²) in [5.41, 5.74) is 0.163. The molecule has 16 heteroatoms. The second-order valence-corrected chi connectivity index (χ2v) is 10.0. The molecule has 1 saturated heterocycles. The first-order valence-electron chi connectivity index (χ1n) is 10.7. The first kappa shape index (κ1) is 28.1. The van der Waals surface area contributed by atoms with Crippen molar-refractivity contribution in [3.8, 4) is 0 Å². The molecular formula is C20H21F9N4O2S. The van der Waals surface area contributed by atoms with Crippen LogP contribution in [0.4, 0.5) is 50.9 Å². The number of nitrogens with zero attached hydrogens (tertiary/aromatic N) is 3. The second-order valence-electron chi connectivity index (χ2n) is 8.28. The molecule has 1 aliphatic heterocycles. The van der Waals surface area contributed by atoms with Crippen molar-refractivity contribution in [2.45, 2.75) is 61.8 Å². The zero-order chi connectivity index (χ0) is 27.0. The van der Waals surface area contributed by atoms with Gasteiger partial charge in [0.2, 0.25) is 0 Å². The Labute approximate surface area is 200 Å². The van der Waals surface area contributed by atoms with Crippen molar-refractivity contribution in [1.82, 2.24) is 4.90 Å². The van der Waals surface area contributed by atoms with Crippen LogP contribution in [0.15, 0.2) is 45.9 Å². The maximum atomic E-state index is 14.1. The molecule has 6 nitrogen and oxygen atoms in total. The summed E-state index contributed by atoms with van der Waals surface area (Å²) >= 11 is 0. The van der Waals surface area contributed by atoms with Crippen LogP contribution in [0.25, 0.3) is 0 Å². The topological polar surface area (TPSA) is 74.1 Å². The van der Waals surface area contributed by atoms with E-state index in [4.69, 9.17) is 0 Å². The van der Waals surface area contributed by atoms with Crippen LogP contribution >= 0.6 is 0 Å². The molecule has 1 heterocycles. The van der Waals surface area contributed by atoms with Gasteiger partial charge in [0.25, 0.3) is 0 Å². The van der Waals surface area contributed by atoms with Gasteiger partial charge >= 0.3 is 33.3 Å². The van der Waals surface area contributed by atoms with E-state index in [0.29, 0.717) is 18.5 Å². The lowest BCUT2D eigenvalue weighted by molar-refractivity contribution is -0.382. The number of azo groups is 1. The number of rotatable bonds is 8. The molecule has 0 saturated carbocycles. The Balaban J connectivity index is 1.93. The third-order valence-electron chi connectivity index (χ3n) is 5.78. The van der Waals surface area contributed by atoms with E-state index in [-0.39, 0.29) is 0 Å². The molecule has 202 valence electrons. The van der Waals surface area contributed by atoms with Gasteiger partial charge in [-0.15, -0.1) is 5.11 Å². The van der Waals surface area contributed by atoms with Crippen molar-refractivity contribution in [3.05, 3.63) is 35.7 Å². The molecule has 36 heavy (non-hydrogen) atoms. The fraction of sp³-hybridized carbons (Fsp3) is 0.600. The van der Waals surface area contributed by atoms with Gasteiger partial charge in [0.05, 0.1) is 11.4 Å². The van der Waals surface area contributed by atoms with Crippen LogP contribution in [0.2, 0.25) is 0 Å². The summed E-state index contributed by atoms with van der Waals surface area (Å²) in [5.74, 6) is -14.7. The van der Waals surface area contributed by atoms with Crippen LogP contribution in [-0.2, 0) is 10.0 Å². The van der Waals surface area contributed by atoms with Crippen molar-refractivity contribution < 1.29 is 47.9 Å². The van der Waals surface area contributed by atoms with Gasteiger partial charge < -0.3 is 4.90 Å². The van der Waals surface area contributed by atoms with Gasteiger partial charge in [0.1, 0.15) is 5.69 Å². The predicted molar refractivity (Wildman–Crippen MR) is 111 cm³/mol. The highest BCUT2D eigenvalue weighted by Gasteiger charge is 2.85. The molecular weight excluding hydrogens is 531 g/mol. The summed E-state index contributed by atoms with van der Waals surface area (Å²) in [6.45, 7) is 1.60. The minimum atomic E-state index is -7.35. The number of alkyl halides is 9. The summed E-state index contributed by atoms with van der Waals surface area (Å²) in [6, 6.07) is 4.21. The molecule has 0 radical (unpaired) electrons. The standard InChI is InChI=1S/C20H21F9N4O2S/c21-17(22,19(25,26)27)18(23,24)20(28,29)36(34,35)32-14-8-2-1-7-13(14)30-31-15-9-3-4-10-16(15)33-11-5-6-12-33/h1-2,7-8,32H,3-6,9-12H2. The van der Waals surface area contributed by atoms with Gasteiger partial charge in [0.15, 0.2) is 0 Å². The number of benzene rings is 1. The Bertz CT molecular complexity index is 1130. The number of para-hydroxylation sites is 1. The van der Waals surface area contributed by atoms with Gasteiger partial charge in [-0.3, -0.25) is 4.72 Å². The van der Waals surface area contributed by atoms with E-state index in [0.717, 1.165) is 67.4 Å². The number of sulfonamides is 1. The van der Waals surface area contributed by atoms with Crippen molar-refractivity contribution in [2.75, 3.05) is 17.8 Å². The highest BCUT2D eigenvalue weighted by Crippen LogP contribution is 2.55. The Morgan fingerprint density at radius 3 is 1.97 bits per heavy atom. The number of likely N-dealkylation sites (tertiary alicyclic amines) is 1.